The fourth-order valence-electron chi connectivity index (χ4n) is 3.64. The summed E-state index contributed by atoms with van der Waals surface area (Å²) in [5, 5.41) is 0. The summed E-state index contributed by atoms with van der Waals surface area (Å²) in [4.78, 5) is 11.0. The molecule has 1 aliphatic rings. The molecule has 0 aromatic heterocycles. The third kappa shape index (κ3) is 3.26. The van der Waals surface area contributed by atoms with Crippen molar-refractivity contribution >= 4 is 6.29 Å². The highest BCUT2D eigenvalue weighted by Crippen LogP contribution is 2.40. The van der Waals surface area contributed by atoms with Gasteiger partial charge in [0.2, 0.25) is 0 Å². The van der Waals surface area contributed by atoms with Crippen molar-refractivity contribution in [2.24, 2.45) is 5.92 Å². The first-order valence-corrected chi connectivity index (χ1v) is 7.88. The molecule has 0 bridgehead atoms. The predicted octanol–water partition coefficient (Wildman–Crippen LogP) is 5.14. The van der Waals surface area contributed by atoms with Crippen molar-refractivity contribution in [2.45, 2.75) is 64.7 Å². The van der Waals surface area contributed by atoms with E-state index in [1.165, 1.54) is 49.7 Å². The van der Waals surface area contributed by atoms with Gasteiger partial charge in [0.15, 0.2) is 0 Å². The molecular weight excluding hydrogens is 232 g/mol. The highest BCUT2D eigenvalue weighted by atomic mass is 16.1. The maximum atomic E-state index is 11.0. The Kier molecular flexibility index (Phi) is 5.18. The molecule has 1 aromatic carbocycles. The Morgan fingerprint density at radius 2 is 2.00 bits per heavy atom. The van der Waals surface area contributed by atoms with Gasteiger partial charge in [-0.3, -0.25) is 4.79 Å². The second kappa shape index (κ2) is 6.88. The number of aryl methyl sites for hydroxylation is 1. The molecule has 1 heteroatoms. The molecule has 2 atom stereocenters. The number of carbonyl (C=O) groups excluding carboxylic acids is 1. The molecule has 1 fully saturated rings. The molecule has 0 spiro atoms. The van der Waals surface area contributed by atoms with Crippen molar-refractivity contribution in [3.05, 3.63) is 34.9 Å². The van der Waals surface area contributed by atoms with Crippen LogP contribution < -0.4 is 0 Å². The lowest BCUT2D eigenvalue weighted by Gasteiger charge is -2.32. The van der Waals surface area contributed by atoms with Crippen molar-refractivity contribution in [2.75, 3.05) is 0 Å². The SMILES string of the molecule is CCCC1CCCCC1c1ccc(C=O)c(CC)c1. The van der Waals surface area contributed by atoms with E-state index in [1.54, 1.807) is 0 Å². The first kappa shape index (κ1) is 14.3. The van der Waals surface area contributed by atoms with E-state index < -0.39 is 0 Å². The number of carbonyl (C=O) groups is 1. The summed E-state index contributed by atoms with van der Waals surface area (Å²) in [6, 6.07) is 6.52. The minimum Gasteiger partial charge on any atom is -0.298 e. The van der Waals surface area contributed by atoms with E-state index >= 15 is 0 Å². The fraction of sp³-hybridized carbons (Fsp3) is 0.611. The third-order valence-corrected chi connectivity index (χ3v) is 4.67. The Morgan fingerprint density at radius 1 is 1.21 bits per heavy atom. The van der Waals surface area contributed by atoms with Gasteiger partial charge >= 0.3 is 0 Å². The van der Waals surface area contributed by atoms with Gasteiger partial charge in [0.25, 0.3) is 0 Å². The van der Waals surface area contributed by atoms with Crippen LogP contribution in [-0.4, -0.2) is 6.29 Å². The van der Waals surface area contributed by atoms with E-state index in [0.29, 0.717) is 0 Å². The molecule has 0 N–H and O–H groups in total. The molecule has 0 radical (unpaired) electrons. The molecule has 1 saturated carbocycles. The Bertz CT molecular complexity index is 420. The minimum absolute atomic E-state index is 0.722. The summed E-state index contributed by atoms with van der Waals surface area (Å²) in [7, 11) is 0. The third-order valence-electron chi connectivity index (χ3n) is 4.67. The molecule has 1 nitrogen and oxygen atoms in total. The van der Waals surface area contributed by atoms with Crippen molar-refractivity contribution in [3.63, 3.8) is 0 Å². The standard InChI is InChI=1S/C18H26O/c1-3-7-15-8-5-6-9-18(15)16-10-11-17(13-19)14(4-2)12-16/h10-13,15,18H,3-9H2,1-2H3. The molecule has 104 valence electrons. The van der Waals surface area contributed by atoms with Crippen molar-refractivity contribution < 1.29 is 4.79 Å². The molecule has 19 heavy (non-hydrogen) atoms. The van der Waals surface area contributed by atoms with Crippen LogP contribution in [0.25, 0.3) is 0 Å². The van der Waals surface area contributed by atoms with E-state index in [2.05, 4.69) is 26.0 Å². The average molecular weight is 258 g/mol. The van der Waals surface area contributed by atoms with Crippen LogP contribution >= 0.6 is 0 Å². The van der Waals surface area contributed by atoms with Gasteiger partial charge in [-0.2, -0.15) is 0 Å². The summed E-state index contributed by atoms with van der Waals surface area (Å²) in [5.41, 5.74) is 3.56. The van der Waals surface area contributed by atoms with Crippen LogP contribution in [-0.2, 0) is 6.42 Å². The van der Waals surface area contributed by atoms with E-state index in [1.807, 2.05) is 6.07 Å². The Labute approximate surface area is 117 Å². The van der Waals surface area contributed by atoms with Gasteiger partial charge < -0.3 is 0 Å². The van der Waals surface area contributed by atoms with Crippen LogP contribution in [0.5, 0.6) is 0 Å². The molecule has 1 aliphatic carbocycles. The quantitative estimate of drug-likeness (QED) is 0.669. The van der Waals surface area contributed by atoms with Gasteiger partial charge in [-0.25, -0.2) is 0 Å². The Hall–Kier alpha value is -1.11. The number of benzene rings is 1. The van der Waals surface area contributed by atoms with Crippen LogP contribution in [0.1, 0.15) is 79.8 Å². The summed E-state index contributed by atoms with van der Waals surface area (Å²) in [6.45, 7) is 4.43. The molecule has 2 unspecified atom stereocenters. The number of rotatable bonds is 5. The van der Waals surface area contributed by atoms with Gasteiger partial charge in [-0.15, -0.1) is 0 Å². The molecular formula is C18H26O. The average Bonchev–Trinajstić information content (AvgIpc) is 2.47. The number of hydrogen-bond donors (Lipinski definition) is 0. The molecule has 0 amide bonds. The summed E-state index contributed by atoms with van der Waals surface area (Å²) in [5.74, 6) is 1.57. The summed E-state index contributed by atoms with van der Waals surface area (Å²) >= 11 is 0. The number of aldehydes is 1. The second-order valence-electron chi connectivity index (χ2n) is 5.87. The molecule has 0 heterocycles. The zero-order chi connectivity index (χ0) is 13.7. The molecule has 0 saturated heterocycles. The van der Waals surface area contributed by atoms with Crippen molar-refractivity contribution in [1.29, 1.82) is 0 Å². The van der Waals surface area contributed by atoms with Crippen LogP contribution in [0.4, 0.5) is 0 Å². The first-order valence-electron chi connectivity index (χ1n) is 7.88. The predicted molar refractivity (Wildman–Crippen MR) is 80.8 cm³/mol. The Balaban J connectivity index is 2.25. The lowest BCUT2D eigenvalue weighted by molar-refractivity contribution is 0.112. The second-order valence-corrected chi connectivity index (χ2v) is 5.87. The fourth-order valence-corrected chi connectivity index (χ4v) is 3.64. The van der Waals surface area contributed by atoms with Crippen LogP contribution in [0, 0.1) is 5.92 Å². The van der Waals surface area contributed by atoms with Gasteiger partial charge in [0.1, 0.15) is 6.29 Å². The zero-order valence-electron chi connectivity index (χ0n) is 12.3. The first-order chi connectivity index (χ1) is 9.30. The summed E-state index contributed by atoms with van der Waals surface area (Å²) < 4.78 is 0. The highest BCUT2D eigenvalue weighted by molar-refractivity contribution is 5.77. The van der Waals surface area contributed by atoms with Gasteiger partial charge in [-0.05, 0) is 42.2 Å². The van der Waals surface area contributed by atoms with Crippen molar-refractivity contribution in [3.8, 4) is 0 Å². The van der Waals surface area contributed by atoms with E-state index in [9.17, 15) is 4.79 Å². The molecule has 0 aliphatic heterocycles. The molecule has 1 aromatic rings. The normalized spacial score (nSPS) is 23.3. The van der Waals surface area contributed by atoms with Gasteiger partial charge in [0, 0.05) is 5.56 Å². The minimum atomic E-state index is 0.722. The molecule has 2 rings (SSSR count). The van der Waals surface area contributed by atoms with Gasteiger partial charge in [0.05, 0.1) is 0 Å². The van der Waals surface area contributed by atoms with Crippen LogP contribution in [0.3, 0.4) is 0 Å². The van der Waals surface area contributed by atoms with E-state index in [0.717, 1.165) is 30.1 Å². The lowest BCUT2D eigenvalue weighted by atomic mass is 9.73. The maximum Gasteiger partial charge on any atom is 0.150 e. The van der Waals surface area contributed by atoms with Crippen LogP contribution in [0.15, 0.2) is 18.2 Å². The van der Waals surface area contributed by atoms with E-state index in [4.69, 9.17) is 0 Å². The van der Waals surface area contributed by atoms with Crippen molar-refractivity contribution in [1.82, 2.24) is 0 Å². The highest BCUT2D eigenvalue weighted by Gasteiger charge is 2.25. The summed E-state index contributed by atoms with van der Waals surface area (Å²) in [6.07, 6.45) is 10.1. The maximum absolute atomic E-state index is 11.0. The number of hydrogen-bond acceptors (Lipinski definition) is 1. The zero-order valence-corrected chi connectivity index (χ0v) is 12.3. The lowest BCUT2D eigenvalue weighted by Crippen LogP contribution is -2.18. The smallest absolute Gasteiger partial charge is 0.150 e. The van der Waals surface area contributed by atoms with Gasteiger partial charge in [-0.1, -0.05) is 57.7 Å². The topological polar surface area (TPSA) is 17.1 Å². The van der Waals surface area contributed by atoms with E-state index in [-0.39, 0.29) is 0 Å². The monoisotopic (exact) mass is 258 g/mol. The largest absolute Gasteiger partial charge is 0.298 e. The Morgan fingerprint density at radius 3 is 2.68 bits per heavy atom. The van der Waals surface area contributed by atoms with Crippen LogP contribution in [0.2, 0.25) is 0 Å².